The lowest BCUT2D eigenvalue weighted by Crippen LogP contribution is -2.33. The summed E-state index contributed by atoms with van der Waals surface area (Å²) in [5, 5.41) is 16.3. The Morgan fingerprint density at radius 1 is 1.38 bits per heavy atom. The summed E-state index contributed by atoms with van der Waals surface area (Å²) >= 11 is 0. The van der Waals surface area contributed by atoms with Gasteiger partial charge in [0.1, 0.15) is 0 Å². The van der Waals surface area contributed by atoms with E-state index in [0.29, 0.717) is 18.8 Å². The summed E-state index contributed by atoms with van der Waals surface area (Å²) < 4.78 is 1.70. The topological polar surface area (TPSA) is 70.4 Å². The van der Waals surface area contributed by atoms with Crippen LogP contribution < -0.4 is 5.32 Å². The van der Waals surface area contributed by atoms with Crippen LogP contribution in [0.1, 0.15) is 13.3 Å². The molecule has 0 aliphatic rings. The monoisotopic (exact) mass is 288 g/mol. The van der Waals surface area contributed by atoms with Gasteiger partial charge in [-0.05, 0) is 25.5 Å². The fourth-order valence-corrected chi connectivity index (χ4v) is 1.80. The van der Waals surface area contributed by atoms with Crippen molar-refractivity contribution in [1.29, 1.82) is 0 Å². The summed E-state index contributed by atoms with van der Waals surface area (Å²) in [6.45, 7) is 2.19. The van der Waals surface area contributed by atoms with E-state index in [1.807, 2.05) is 30.3 Å². The van der Waals surface area contributed by atoms with Crippen molar-refractivity contribution in [3.63, 3.8) is 0 Å². The molecule has 2 N–H and O–H groups in total. The number of nitrogens with one attached hydrogen (secondary N) is 1. The molecule has 0 saturated carbocycles. The van der Waals surface area contributed by atoms with E-state index in [1.54, 1.807) is 30.9 Å². The number of aromatic nitrogens is 2. The standard InChI is InChI=1S/C15H20N4O2/c1-12(20)8-10-18(2)15(21)16-14-9-11-19(17-14)13-6-4-3-5-7-13/h3-7,9,11-12,20H,8,10H2,1-2H3,(H,16,17,21)/t12-/m1/s1. The third-order valence-electron chi connectivity index (χ3n) is 3.07. The van der Waals surface area contributed by atoms with Crippen LogP contribution in [0.4, 0.5) is 10.6 Å². The number of benzene rings is 1. The van der Waals surface area contributed by atoms with Crippen molar-refractivity contribution in [1.82, 2.24) is 14.7 Å². The molecule has 0 aliphatic carbocycles. The van der Waals surface area contributed by atoms with Crippen molar-refractivity contribution in [2.45, 2.75) is 19.4 Å². The van der Waals surface area contributed by atoms with Crippen molar-refractivity contribution in [3.8, 4) is 5.69 Å². The van der Waals surface area contributed by atoms with Gasteiger partial charge in [0.25, 0.3) is 0 Å². The lowest BCUT2D eigenvalue weighted by molar-refractivity contribution is 0.167. The van der Waals surface area contributed by atoms with Crippen LogP contribution in [-0.2, 0) is 0 Å². The first-order chi connectivity index (χ1) is 10.1. The summed E-state index contributed by atoms with van der Waals surface area (Å²) in [6, 6.07) is 11.2. The predicted molar refractivity (Wildman–Crippen MR) is 81.5 cm³/mol. The van der Waals surface area contributed by atoms with E-state index >= 15 is 0 Å². The molecule has 1 heterocycles. The Bertz CT molecular complexity index is 580. The molecule has 0 aliphatic heterocycles. The Balaban J connectivity index is 1.95. The molecule has 0 fully saturated rings. The van der Waals surface area contributed by atoms with Crippen LogP contribution >= 0.6 is 0 Å². The molecule has 2 rings (SSSR count). The van der Waals surface area contributed by atoms with Gasteiger partial charge in [-0.2, -0.15) is 0 Å². The number of amides is 2. The first kappa shape index (κ1) is 15.1. The van der Waals surface area contributed by atoms with Crippen LogP contribution in [0, 0.1) is 0 Å². The number of urea groups is 1. The predicted octanol–water partition coefficient (Wildman–Crippen LogP) is 2.11. The first-order valence-electron chi connectivity index (χ1n) is 6.87. The van der Waals surface area contributed by atoms with E-state index in [9.17, 15) is 9.90 Å². The highest BCUT2D eigenvalue weighted by atomic mass is 16.3. The molecule has 0 bridgehead atoms. The van der Waals surface area contributed by atoms with Crippen LogP contribution in [0.5, 0.6) is 0 Å². The van der Waals surface area contributed by atoms with Crippen molar-refractivity contribution in [2.75, 3.05) is 18.9 Å². The quantitative estimate of drug-likeness (QED) is 0.885. The van der Waals surface area contributed by atoms with E-state index in [1.165, 1.54) is 4.90 Å². The van der Waals surface area contributed by atoms with Gasteiger partial charge in [-0.15, -0.1) is 5.10 Å². The number of carbonyl (C=O) groups excluding carboxylic acids is 1. The van der Waals surface area contributed by atoms with E-state index in [2.05, 4.69) is 10.4 Å². The molecule has 6 heteroatoms. The van der Waals surface area contributed by atoms with E-state index in [0.717, 1.165) is 5.69 Å². The van der Waals surface area contributed by atoms with E-state index < -0.39 is 6.10 Å². The molecule has 112 valence electrons. The third kappa shape index (κ3) is 4.32. The number of hydrogen-bond donors (Lipinski definition) is 2. The first-order valence-corrected chi connectivity index (χ1v) is 6.87. The zero-order chi connectivity index (χ0) is 15.2. The Morgan fingerprint density at radius 2 is 2.10 bits per heavy atom. The second-order valence-corrected chi connectivity index (χ2v) is 4.97. The van der Waals surface area contributed by atoms with Crippen molar-refractivity contribution in [2.24, 2.45) is 0 Å². The number of rotatable bonds is 5. The van der Waals surface area contributed by atoms with E-state index in [4.69, 9.17) is 0 Å². The molecule has 0 radical (unpaired) electrons. The fraction of sp³-hybridized carbons (Fsp3) is 0.333. The molecule has 0 saturated heterocycles. The average molecular weight is 288 g/mol. The van der Waals surface area contributed by atoms with Crippen molar-refractivity contribution in [3.05, 3.63) is 42.6 Å². The molecule has 21 heavy (non-hydrogen) atoms. The van der Waals surface area contributed by atoms with E-state index in [-0.39, 0.29) is 6.03 Å². The summed E-state index contributed by atoms with van der Waals surface area (Å²) in [7, 11) is 1.69. The lowest BCUT2D eigenvalue weighted by Gasteiger charge is -2.17. The van der Waals surface area contributed by atoms with Crippen LogP contribution in [0.3, 0.4) is 0 Å². The minimum atomic E-state index is -0.419. The zero-order valence-corrected chi connectivity index (χ0v) is 12.2. The maximum atomic E-state index is 12.0. The number of aliphatic hydroxyl groups excluding tert-OH is 1. The third-order valence-corrected chi connectivity index (χ3v) is 3.07. The van der Waals surface area contributed by atoms with Crippen molar-refractivity contribution < 1.29 is 9.90 Å². The smallest absolute Gasteiger partial charge is 0.322 e. The number of carbonyl (C=O) groups is 1. The molecular weight excluding hydrogens is 268 g/mol. The Morgan fingerprint density at radius 3 is 2.76 bits per heavy atom. The maximum absolute atomic E-state index is 12.0. The second kappa shape index (κ2) is 6.90. The summed E-state index contributed by atoms with van der Waals surface area (Å²) in [5.41, 5.74) is 0.931. The van der Waals surface area contributed by atoms with Gasteiger partial charge in [0.2, 0.25) is 0 Å². The molecule has 2 amide bonds. The highest BCUT2D eigenvalue weighted by molar-refractivity contribution is 5.88. The van der Waals surface area contributed by atoms with Gasteiger partial charge in [0, 0.05) is 25.9 Å². The Hall–Kier alpha value is -2.34. The van der Waals surface area contributed by atoms with Gasteiger partial charge in [0.15, 0.2) is 5.82 Å². The SMILES string of the molecule is C[C@@H](O)CCN(C)C(=O)Nc1ccn(-c2ccccc2)n1. The molecule has 6 nitrogen and oxygen atoms in total. The molecular formula is C15H20N4O2. The van der Waals surface area contributed by atoms with Crippen LogP contribution in [0.2, 0.25) is 0 Å². The van der Waals surface area contributed by atoms with Crippen molar-refractivity contribution >= 4 is 11.8 Å². The van der Waals surface area contributed by atoms with Gasteiger partial charge >= 0.3 is 6.03 Å². The molecule has 1 aromatic carbocycles. The average Bonchev–Trinajstić information content (AvgIpc) is 2.94. The largest absolute Gasteiger partial charge is 0.393 e. The zero-order valence-electron chi connectivity index (χ0n) is 12.2. The highest BCUT2D eigenvalue weighted by Crippen LogP contribution is 2.10. The van der Waals surface area contributed by atoms with Crippen LogP contribution in [0.15, 0.2) is 42.6 Å². The Kier molecular flexibility index (Phi) is 4.94. The van der Waals surface area contributed by atoms with Gasteiger partial charge in [-0.1, -0.05) is 18.2 Å². The van der Waals surface area contributed by atoms with Gasteiger partial charge in [-0.25, -0.2) is 9.48 Å². The molecule has 2 aromatic rings. The van der Waals surface area contributed by atoms with Gasteiger partial charge in [0.05, 0.1) is 11.8 Å². The molecule has 0 unspecified atom stereocenters. The molecule has 0 spiro atoms. The minimum Gasteiger partial charge on any atom is -0.393 e. The minimum absolute atomic E-state index is 0.242. The molecule has 1 aromatic heterocycles. The van der Waals surface area contributed by atoms with Gasteiger partial charge < -0.3 is 10.0 Å². The number of hydrogen-bond acceptors (Lipinski definition) is 3. The number of para-hydroxylation sites is 1. The second-order valence-electron chi connectivity index (χ2n) is 4.97. The summed E-state index contributed by atoms with van der Waals surface area (Å²) in [6.07, 6.45) is 1.92. The summed E-state index contributed by atoms with van der Waals surface area (Å²) in [5.74, 6) is 0.493. The molecule has 1 atom stereocenters. The lowest BCUT2D eigenvalue weighted by atomic mass is 10.3. The fourth-order valence-electron chi connectivity index (χ4n) is 1.80. The summed E-state index contributed by atoms with van der Waals surface area (Å²) in [4.78, 5) is 13.5. The van der Waals surface area contributed by atoms with Gasteiger partial charge in [-0.3, -0.25) is 5.32 Å². The normalized spacial score (nSPS) is 12.0. The van der Waals surface area contributed by atoms with Crippen LogP contribution in [0.25, 0.3) is 5.69 Å². The number of nitrogens with zero attached hydrogens (tertiary/aromatic N) is 3. The highest BCUT2D eigenvalue weighted by Gasteiger charge is 2.11. The van der Waals surface area contributed by atoms with Crippen LogP contribution in [-0.4, -0.2) is 45.5 Å². The number of anilines is 1. The Labute approximate surface area is 124 Å². The number of aliphatic hydroxyl groups is 1. The maximum Gasteiger partial charge on any atom is 0.322 e.